The van der Waals surface area contributed by atoms with Crippen LogP contribution in [0, 0.1) is 5.82 Å². The summed E-state index contributed by atoms with van der Waals surface area (Å²) in [6, 6.07) is 14.5. The molecule has 24 heavy (non-hydrogen) atoms. The molecule has 0 bridgehead atoms. The van der Waals surface area contributed by atoms with E-state index in [2.05, 4.69) is 26.3 Å². The van der Waals surface area contributed by atoms with Gasteiger partial charge in [-0.25, -0.2) is 9.07 Å². The largest absolute Gasteiger partial charge is 0.310 e. The highest BCUT2D eigenvalue weighted by Crippen LogP contribution is 2.38. The van der Waals surface area contributed by atoms with Crippen molar-refractivity contribution < 1.29 is 9.18 Å². The zero-order valence-electron chi connectivity index (χ0n) is 12.5. The molecule has 1 amide bonds. The number of nitrogens with zero attached hydrogens (tertiary/aromatic N) is 2. The van der Waals surface area contributed by atoms with Gasteiger partial charge in [0.1, 0.15) is 11.6 Å². The third kappa shape index (κ3) is 2.53. The fourth-order valence-corrected chi connectivity index (χ4v) is 3.41. The molecule has 0 fully saturated rings. The number of fused-ring (bicyclic) bond motifs is 1. The maximum atomic E-state index is 13.5. The van der Waals surface area contributed by atoms with E-state index >= 15 is 0 Å². The van der Waals surface area contributed by atoms with Crippen molar-refractivity contribution in [3.8, 4) is 5.69 Å². The Hall–Kier alpha value is -2.47. The lowest BCUT2D eigenvalue weighted by Gasteiger charge is -2.24. The number of anilines is 1. The van der Waals surface area contributed by atoms with Crippen LogP contribution in [-0.4, -0.2) is 15.7 Å². The predicted molar refractivity (Wildman–Crippen MR) is 92.8 cm³/mol. The number of amides is 1. The van der Waals surface area contributed by atoms with Crippen LogP contribution in [0.4, 0.5) is 10.2 Å². The first-order valence-electron chi connectivity index (χ1n) is 7.51. The Morgan fingerprint density at radius 1 is 1.21 bits per heavy atom. The van der Waals surface area contributed by atoms with Gasteiger partial charge in [0, 0.05) is 17.9 Å². The van der Waals surface area contributed by atoms with Crippen LogP contribution in [0.1, 0.15) is 23.5 Å². The first-order valence-corrected chi connectivity index (χ1v) is 8.31. The number of hydrogen-bond donors (Lipinski definition) is 1. The normalized spacial score (nSPS) is 16.6. The lowest BCUT2D eigenvalue weighted by molar-refractivity contribution is -0.116. The van der Waals surface area contributed by atoms with Gasteiger partial charge in [0.2, 0.25) is 5.91 Å². The Labute approximate surface area is 146 Å². The van der Waals surface area contributed by atoms with Crippen molar-refractivity contribution in [3.05, 3.63) is 76.1 Å². The minimum atomic E-state index is -0.320. The fourth-order valence-electron chi connectivity index (χ4n) is 3.01. The summed E-state index contributed by atoms with van der Waals surface area (Å²) in [5, 5.41) is 7.34. The Morgan fingerprint density at radius 2 is 2.00 bits per heavy atom. The van der Waals surface area contributed by atoms with Crippen molar-refractivity contribution in [2.75, 3.05) is 5.32 Å². The summed E-state index contributed by atoms with van der Waals surface area (Å²) < 4.78 is 15.6. The van der Waals surface area contributed by atoms with E-state index in [0.29, 0.717) is 16.7 Å². The molecule has 1 aliphatic rings. The maximum Gasteiger partial charge on any atom is 0.226 e. The number of hydrogen-bond acceptors (Lipinski definition) is 2. The summed E-state index contributed by atoms with van der Waals surface area (Å²) in [5.41, 5.74) is 2.68. The van der Waals surface area contributed by atoms with E-state index in [-0.39, 0.29) is 17.6 Å². The number of aromatic nitrogens is 2. The number of halogens is 2. The van der Waals surface area contributed by atoms with Crippen molar-refractivity contribution in [1.82, 2.24) is 9.78 Å². The molecule has 0 aliphatic carbocycles. The molecule has 3 aromatic rings. The van der Waals surface area contributed by atoms with Crippen LogP contribution in [0.25, 0.3) is 5.69 Å². The Morgan fingerprint density at radius 3 is 2.75 bits per heavy atom. The molecule has 1 atom stereocenters. The van der Waals surface area contributed by atoms with E-state index in [0.717, 1.165) is 16.8 Å². The van der Waals surface area contributed by atoms with Gasteiger partial charge in [0.25, 0.3) is 0 Å². The summed E-state index contributed by atoms with van der Waals surface area (Å²) in [7, 11) is 0. The Balaban J connectivity index is 1.82. The van der Waals surface area contributed by atoms with Crippen molar-refractivity contribution in [2.24, 2.45) is 0 Å². The van der Waals surface area contributed by atoms with E-state index in [1.807, 2.05) is 30.3 Å². The third-order valence-corrected chi connectivity index (χ3v) is 4.77. The van der Waals surface area contributed by atoms with Gasteiger partial charge in [0.15, 0.2) is 0 Å². The second-order valence-electron chi connectivity index (χ2n) is 5.67. The van der Waals surface area contributed by atoms with Crippen LogP contribution in [0.3, 0.4) is 0 Å². The van der Waals surface area contributed by atoms with Gasteiger partial charge in [-0.2, -0.15) is 5.10 Å². The third-order valence-electron chi connectivity index (χ3n) is 4.17. The Bertz CT molecular complexity index is 923. The molecule has 0 radical (unpaired) electrons. The molecule has 1 unspecified atom stereocenters. The van der Waals surface area contributed by atoms with Crippen molar-refractivity contribution in [3.63, 3.8) is 0 Å². The molecule has 2 aromatic carbocycles. The highest BCUT2D eigenvalue weighted by molar-refractivity contribution is 9.10. The quantitative estimate of drug-likeness (QED) is 0.716. The molecule has 0 saturated heterocycles. The predicted octanol–water partition coefficient (Wildman–Crippen LogP) is 4.25. The summed E-state index contributed by atoms with van der Waals surface area (Å²) in [5.74, 6) is 0.121. The first kappa shape index (κ1) is 15.1. The number of benzene rings is 2. The smallest absolute Gasteiger partial charge is 0.226 e. The van der Waals surface area contributed by atoms with Crippen LogP contribution >= 0.6 is 15.9 Å². The second kappa shape index (κ2) is 5.87. The minimum Gasteiger partial charge on any atom is -0.310 e. The zero-order valence-corrected chi connectivity index (χ0v) is 14.1. The average molecular weight is 386 g/mol. The number of carbonyl (C=O) groups excluding carboxylic acids is 1. The SMILES string of the molecule is O=C1CC(c2ccc(F)c(Br)c2)c2cnn(-c3ccccc3)c2N1. The van der Waals surface area contributed by atoms with E-state index in [1.165, 1.54) is 6.07 Å². The van der Waals surface area contributed by atoms with Crippen LogP contribution in [-0.2, 0) is 4.79 Å². The van der Waals surface area contributed by atoms with E-state index < -0.39 is 0 Å². The second-order valence-corrected chi connectivity index (χ2v) is 6.53. The summed E-state index contributed by atoms with van der Waals surface area (Å²) in [6.07, 6.45) is 2.08. The fraction of sp³-hybridized carbons (Fsp3) is 0.111. The van der Waals surface area contributed by atoms with Gasteiger partial charge in [-0.15, -0.1) is 0 Å². The molecule has 120 valence electrons. The molecule has 1 aliphatic heterocycles. The van der Waals surface area contributed by atoms with Gasteiger partial charge in [-0.3, -0.25) is 4.79 Å². The number of rotatable bonds is 2. The van der Waals surface area contributed by atoms with Crippen LogP contribution in [0.15, 0.2) is 59.2 Å². The topological polar surface area (TPSA) is 46.9 Å². The molecule has 1 aromatic heterocycles. The lowest BCUT2D eigenvalue weighted by Crippen LogP contribution is -2.24. The van der Waals surface area contributed by atoms with E-state index in [9.17, 15) is 9.18 Å². The van der Waals surface area contributed by atoms with Gasteiger partial charge in [-0.1, -0.05) is 24.3 Å². The molecular formula is C18H13BrFN3O. The van der Waals surface area contributed by atoms with Crippen molar-refractivity contribution >= 4 is 27.7 Å². The molecule has 2 heterocycles. The van der Waals surface area contributed by atoms with E-state index in [4.69, 9.17) is 0 Å². The van der Waals surface area contributed by atoms with Crippen molar-refractivity contribution in [1.29, 1.82) is 0 Å². The molecule has 0 spiro atoms. The van der Waals surface area contributed by atoms with Crippen LogP contribution in [0.2, 0.25) is 0 Å². The standard InChI is InChI=1S/C18H13BrFN3O/c19-15-8-11(6-7-16(15)20)13-9-17(24)22-18-14(13)10-21-23(18)12-4-2-1-3-5-12/h1-8,10,13H,9H2,(H,22,24). The molecule has 0 saturated carbocycles. The van der Waals surface area contributed by atoms with Crippen molar-refractivity contribution in [2.45, 2.75) is 12.3 Å². The Kier molecular flexibility index (Phi) is 3.69. The van der Waals surface area contributed by atoms with Crippen LogP contribution < -0.4 is 5.32 Å². The molecule has 4 nitrogen and oxygen atoms in total. The number of carbonyl (C=O) groups is 1. The summed E-state index contributed by atoms with van der Waals surface area (Å²) in [6.45, 7) is 0. The molecule has 1 N–H and O–H groups in total. The monoisotopic (exact) mass is 385 g/mol. The summed E-state index contributed by atoms with van der Waals surface area (Å²) >= 11 is 3.21. The van der Waals surface area contributed by atoms with E-state index in [1.54, 1.807) is 23.0 Å². The van der Waals surface area contributed by atoms with Gasteiger partial charge in [0.05, 0.1) is 16.4 Å². The molecule has 4 rings (SSSR count). The highest BCUT2D eigenvalue weighted by Gasteiger charge is 2.30. The lowest BCUT2D eigenvalue weighted by atomic mass is 9.87. The average Bonchev–Trinajstić information content (AvgIpc) is 3.01. The highest BCUT2D eigenvalue weighted by atomic mass is 79.9. The molecular weight excluding hydrogens is 373 g/mol. The zero-order chi connectivity index (χ0) is 16.7. The minimum absolute atomic E-state index is 0.0781. The van der Waals surface area contributed by atoms with Crippen LogP contribution in [0.5, 0.6) is 0 Å². The maximum absolute atomic E-state index is 13.5. The first-order chi connectivity index (χ1) is 11.6. The van der Waals surface area contributed by atoms with Gasteiger partial charge >= 0.3 is 0 Å². The number of nitrogens with one attached hydrogen (secondary N) is 1. The molecule has 6 heteroatoms. The summed E-state index contributed by atoms with van der Waals surface area (Å²) in [4.78, 5) is 12.2. The number of para-hydroxylation sites is 1. The van der Waals surface area contributed by atoms with Gasteiger partial charge < -0.3 is 5.32 Å². The van der Waals surface area contributed by atoms with Gasteiger partial charge in [-0.05, 0) is 45.8 Å².